The maximum atomic E-state index is 6.16. The van der Waals surface area contributed by atoms with E-state index < -0.39 is 0 Å². The van der Waals surface area contributed by atoms with Crippen LogP contribution in [0, 0.1) is 6.92 Å². The molecule has 3 heteroatoms. The van der Waals surface area contributed by atoms with E-state index in [9.17, 15) is 0 Å². The first kappa shape index (κ1) is 12.8. The average molecular weight is 292 g/mol. The van der Waals surface area contributed by atoms with Crippen LogP contribution in [0.5, 0.6) is 0 Å². The summed E-state index contributed by atoms with van der Waals surface area (Å²) in [5.74, 6) is 0.491. The van der Waals surface area contributed by atoms with Crippen LogP contribution in [-0.4, -0.2) is 6.54 Å². The Hall–Kier alpha value is -1.18. The van der Waals surface area contributed by atoms with Crippen LogP contribution in [0.3, 0.4) is 0 Å². The minimum absolute atomic E-state index is 0.491. The van der Waals surface area contributed by atoms with Gasteiger partial charge >= 0.3 is 0 Å². The molecule has 1 aliphatic heterocycles. The van der Waals surface area contributed by atoms with Gasteiger partial charge in [0.1, 0.15) is 0 Å². The van der Waals surface area contributed by atoms with E-state index >= 15 is 0 Å². The smallest absolute Gasteiger partial charge is 0.0455 e. The number of rotatable bonds is 1. The lowest BCUT2D eigenvalue weighted by atomic mass is 9.87. The summed E-state index contributed by atoms with van der Waals surface area (Å²) < 4.78 is 0. The second kappa shape index (κ2) is 5.07. The summed E-state index contributed by atoms with van der Waals surface area (Å²) in [5.41, 5.74) is 5.02. The van der Waals surface area contributed by atoms with Gasteiger partial charge in [0.2, 0.25) is 0 Å². The van der Waals surface area contributed by atoms with Crippen LogP contribution < -0.4 is 5.32 Å². The van der Waals surface area contributed by atoms with Crippen molar-refractivity contribution in [1.29, 1.82) is 0 Å². The molecule has 0 radical (unpaired) electrons. The fraction of sp³-hybridized carbons (Fsp3) is 0.250. The summed E-state index contributed by atoms with van der Waals surface area (Å²) in [4.78, 5) is 0. The van der Waals surface area contributed by atoms with Gasteiger partial charge in [0.25, 0.3) is 0 Å². The number of anilines is 1. The Morgan fingerprint density at radius 1 is 1.05 bits per heavy atom. The molecular weight excluding hydrogens is 277 g/mol. The zero-order valence-corrected chi connectivity index (χ0v) is 12.2. The molecule has 0 aliphatic carbocycles. The number of benzene rings is 2. The van der Waals surface area contributed by atoms with E-state index in [2.05, 4.69) is 30.4 Å². The lowest BCUT2D eigenvalue weighted by Crippen LogP contribution is -2.22. The Bertz CT molecular complexity index is 605. The van der Waals surface area contributed by atoms with Crippen LogP contribution in [0.1, 0.15) is 22.6 Å². The fourth-order valence-corrected chi connectivity index (χ4v) is 2.98. The molecule has 2 aromatic carbocycles. The first-order valence-electron chi connectivity index (χ1n) is 6.42. The van der Waals surface area contributed by atoms with Gasteiger partial charge in [-0.3, -0.25) is 0 Å². The lowest BCUT2D eigenvalue weighted by Gasteiger charge is -2.28. The number of nitrogens with one attached hydrogen (secondary N) is 1. The van der Waals surface area contributed by atoms with Crippen molar-refractivity contribution < 1.29 is 0 Å². The van der Waals surface area contributed by atoms with Crippen LogP contribution in [0.25, 0.3) is 0 Å². The van der Waals surface area contributed by atoms with Crippen molar-refractivity contribution in [2.24, 2.45) is 0 Å². The highest BCUT2D eigenvalue weighted by molar-refractivity contribution is 6.31. The summed E-state index contributed by atoms with van der Waals surface area (Å²) in [6, 6.07) is 12.3. The van der Waals surface area contributed by atoms with Gasteiger partial charge in [-0.25, -0.2) is 0 Å². The maximum Gasteiger partial charge on any atom is 0.0455 e. The molecule has 3 rings (SSSR count). The zero-order chi connectivity index (χ0) is 13.4. The Kier molecular flexibility index (Phi) is 3.42. The molecule has 0 saturated heterocycles. The van der Waals surface area contributed by atoms with Gasteiger partial charge in [-0.1, -0.05) is 41.4 Å². The van der Waals surface area contributed by atoms with Crippen LogP contribution >= 0.6 is 23.2 Å². The Morgan fingerprint density at radius 3 is 2.53 bits per heavy atom. The van der Waals surface area contributed by atoms with E-state index in [0.29, 0.717) is 5.92 Å². The SMILES string of the molecule is Cc1c(Cl)ccc2c1NCC(c1ccc(Cl)cc1)C2. The average Bonchev–Trinajstić information content (AvgIpc) is 2.43. The third kappa shape index (κ3) is 2.45. The van der Waals surface area contributed by atoms with E-state index in [-0.39, 0.29) is 0 Å². The lowest BCUT2D eigenvalue weighted by molar-refractivity contribution is 0.694. The molecule has 1 atom stereocenters. The largest absolute Gasteiger partial charge is 0.384 e. The van der Waals surface area contributed by atoms with Crippen molar-refractivity contribution in [2.75, 3.05) is 11.9 Å². The first-order valence-corrected chi connectivity index (χ1v) is 7.18. The van der Waals surface area contributed by atoms with Crippen LogP contribution in [0.4, 0.5) is 5.69 Å². The standard InChI is InChI=1S/C16H15Cl2N/c1-10-15(18)7-4-12-8-13(9-19-16(10)12)11-2-5-14(17)6-3-11/h2-7,13,19H,8-9H2,1H3. The van der Waals surface area contributed by atoms with E-state index in [1.807, 2.05) is 18.2 Å². The molecule has 1 N–H and O–H groups in total. The molecule has 1 aliphatic rings. The highest BCUT2D eigenvalue weighted by atomic mass is 35.5. The molecule has 0 aromatic heterocycles. The van der Waals surface area contributed by atoms with Gasteiger partial charge in [0.05, 0.1) is 0 Å². The summed E-state index contributed by atoms with van der Waals surface area (Å²) >= 11 is 12.1. The quantitative estimate of drug-likeness (QED) is 0.775. The van der Waals surface area contributed by atoms with Gasteiger partial charge in [0.15, 0.2) is 0 Å². The number of fused-ring (bicyclic) bond motifs is 1. The molecule has 1 nitrogen and oxygen atoms in total. The predicted molar refractivity (Wildman–Crippen MR) is 82.6 cm³/mol. The molecule has 1 heterocycles. The molecule has 0 spiro atoms. The second-order valence-corrected chi connectivity index (χ2v) is 5.88. The van der Waals surface area contributed by atoms with Crippen molar-refractivity contribution in [1.82, 2.24) is 0 Å². The van der Waals surface area contributed by atoms with Crippen molar-refractivity contribution in [3.05, 3.63) is 63.1 Å². The van der Waals surface area contributed by atoms with E-state index in [0.717, 1.165) is 28.6 Å². The molecule has 0 bridgehead atoms. The number of hydrogen-bond donors (Lipinski definition) is 1. The Labute approximate surface area is 123 Å². The molecular formula is C16H15Cl2N. The minimum atomic E-state index is 0.491. The molecule has 1 unspecified atom stereocenters. The minimum Gasteiger partial charge on any atom is -0.384 e. The van der Waals surface area contributed by atoms with Gasteiger partial charge in [-0.15, -0.1) is 0 Å². The van der Waals surface area contributed by atoms with E-state index in [1.54, 1.807) is 0 Å². The molecule has 19 heavy (non-hydrogen) atoms. The van der Waals surface area contributed by atoms with Crippen LogP contribution in [0.2, 0.25) is 10.0 Å². The van der Waals surface area contributed by atoms with Gasteiger partial charge in [0, 0.05) is 28.2 Å². The third-order valence-corrected chi connectivity index (χ3v) is 4.48. The zero-order valence-electron chi connectivity index (χ0n) is 10.7. The van der Waals surface area contributed by atoms with Gasteiger partial charge < -0.3 is 5.32 Å². The maximum absolute atomic E-state index is 6.16. The third-order valence-electron chi connectivity index (χ3n) is 3.82. The van der Waals surface area contributed by atoms with Gasteiger partial charge in [-0.05, 0) is 48.2 Å². The second-order valence-electron chi connectivity index (χ2n) is 5.04. The number of halogens is 2. The predicted octanol–water partition coefficient (Wildman–Crippen LogP) is 5.05. The molecule has 98 valence electrons. The van der Waals surface area contributed by atoms with Crippen LogP contribution in [0.15, 0.2) is 36.4 Å². The molecule has 2 aromatic rings. The highest BCUT2D eigenvalue weighted by Gasteiger charge is 2.21. The van der Waals surface area contributed by atoms with E-state index in [1.165, 1.54) is 16.8 Å². The van der Waals surface area contributed by atoms with Crippen molar-refractivity contribution in [2.45, 2.75) is 19.3 Å². The Balaban J connectivity index is 1.90. The molecule has 0 saturated carbocycles. The Morgan fingerprint density at radius 2 is 1.79 bits per heavy atom. The molecule has 0 amide bonds. The number of hydrogen-bond acceptors (Lipinski definition) is 1. The normalized spacial score (nSPS) is 17.7. The summed E-state index contributed by atoms with van der Waals surface area (Å²) in [6.07, 6.45) is 1.04. The topological polar surface area (TPSA) is 12.0 Å². The highest BCUT2D eigenvalue weighted by Crippen LogP contribution is 2.35. The van der Waals surface area contributed by atoms with Gasteiger partial charge in [-0.2, -0.15) is 0 Å². The van der Waals surface area contributed by atoms with Crippen LogP contribution in [-0.2, 0) is 6.42 Å². The van der Waals surface area contributed by atoms with E-state index in [4.69, 9.17) is 23.2 Å². The summed E-state index contributed by atoms with van der Waals surface area (Å²) in [6.45, 7) is 3.01. The first-order chi connectivity index (χ1) is 9.15. The van der Waals surface area contributed by atoms with Crippen molar-refractivity contribution >= 4 is 28.9 Å². The fourth-order valence-electron chi connectivity index (χ4n) is 2.69. The van der Waals surface area contributed by atoms with Crippen molar-refractivity contribution in [3.8, 4) is 0 Å². The van der Waals surface area contributed by atoms with Crippen molar-refractivity contribution in [3.63, 3.8) is 0 Å². The summed E-state index contributed by atoms with van der Waals surface area (Å²) in [5, 5.41) is 5.13. The monoisotopic (exact) mass is 291 g/mol. The molecule has 0 fully saturated rings. The summed E-state index contributed by atoms with van der Waals surface area (Å²) in [7, 11) is 0.